The van der Waals surface area contributed by atoms with E-state index in [9.17, 15) is 5.11 Å². The minimum Gasteiger partial charge on any atom is -0.390 e. The van der Waals surface area contributed by atoms with Crippen molar-refractivity contribution in [3.05, 3.63) is 52.3 Å². The van der Waals surface area contributed by atoms with Crippen molar-refractivity contribution in [2.24, 2.45) is 0 Å². The van der Waals surface area contributed by atoms with Crippen molar-refractivity contribution in [3.63, 3.8) is 0 Å². The molecule has 1 heterocycles. The molecule has 0 spiro atoms. The van der Waals surface area contributed by atoms with Gasteiger partial charge in [0.15, 0.2) is 0 Å². The molecule has 92 valence electrons. The van der Waals surface area contributed by atoms with Crippen LogP contribution >= 0.6 is 15.9 Å². The lowest BCUT2D eigenvalue weighted by Crippen LogP contribution is -2.22. The molecule has 0 amide bonds. The van der Waals surface area contributed by atoms with Gasteiger partial charge in [0.1, 0.15) is 0 Å². The van der Waals surface area contributed by atoms with Crippen LogP contribution in [0.1, 0.15) is 17.2 Å². The maximum absolute atomic E-state index is 10.1. The molecule has 3 rings (SSSR count). The van der Waals surface area contributed by atoms with Gasteiger partial charge in [-0.05, 0) is 27.1 Å². The second kappa shape index (κ2) is 4.66. The fourth-order valence-electron chi connectivity index (χ4n) is 2.27. The van der Waals surface area contributed by atoms with Crippen LogP contribution in [0.15, 0.2) is 41.1 Å². The molecule has 2 atom stereocenters. The lowest BCUT2D eigenvalue weighted by Gasteiger charge is -2.17. The van der Waals surface area contributed by atoms with E-state index in [1.165, 1.54) is 5.56 Å². The molecule has 2 N–H and O–H groups in total. The van der Waals surface area contributed by atoms with Gasteiger partial charge in [0.2, 0.25) is 5.95 Å². The van der Waals surface area contributed by atoms with Crippen molar-refractivity contribution in [1.29, 1.82) is 0 Å². The molecule has 0 aliphatic heterocycles. The summed E-state index contributed by atoms with van der Waals surface area (Å²) in [5.74, 6) is 0.527. The standard InChI is InChI=1S/C13H12BrN3O/c14-9-6-15-13(16-7-9)17-12-10-4-2-1-3-8(10)5-11(12)18/h1-4,6-7,11-12,18H,5H2,(H,15,16,17)/t11-,12-/m1/s1. The summed E-state index contributed by atoms with van der Waals surface area (Å²) in [7, 11) is 0. The SMILES string of the molecule is O[C@@H]1Cc2ccccc2[C@H]1Nc1ncc(Br)cn1. The van der Waals surface area contributed by atoms with Crippen molar-refractivity contribution in [1.82, 2.24) is 9.97 Å². The minimum absolute atomic E-state index is 0.137. The topological polar surface area (TPSA) is 58.0 Å². The van der Waals surface area contributed by atoms with Crippen molar-refractivity contribution in [3.8, 4) is 0 Å². The number of benzene rings is 1. The van der Waals surface area contributed by atoms with Crippen LogP contribution in [0.5, 0.6) is 0 Å². The molecule has 1 aliphatic carbocycles. The third kappa shape index (κ3) is 2.11. The highest BCUT2D eigenvalue weighted by atomic mass is 79.9. The van der Waals surface area contributed by atoms with E-state index in [0.717, 1.165) is 10.0 Å². The van der Waals surface area contributed by atoms with Crippen LogP contribution in [0.25, 0.3) is 0 Å². The first kappa shape index (κ1) is 11.6. The number of aliphatic hydroxyl groups is 1. The largest absolute Gasteiger partial charge is 0.390 e. The van der Waals surface area contributed by atoms with Crippen molar-refractivity contribution in [2.75, 3.05) is 5.32 Å². The van der Waals surface area contributed by atoms with E-state index in [2.05, 4.69) is 31.2 Å². The molecule has 0 saturated carbocycles. The van der Waals surface area contributed by atoms with E-state index >= 15 is 0 Å². The maximum Gasteiger partial charge on any atom is 0.223 e. The van der Waals surface area contributed by atoms with Crippen LogP contribution in [-0.4, -0.2) is 21.2 Å². The molecule has 2 aromatic rings. The third-order valence-corrected chi connectivity index (χ3v) is 3.52. The van der Waals surface area contributed by atoms with E-state index in [-0.39, 0.29) is 6.04 Å². The normalized spacial score (nSPS) is 21.7. The molecule has 0 radical (unpaired) electrons. The second-order valence-electron chi connectivity index (χ2n) is 4.32. The quantitative estimate of drug-likeness (QED) is 0.894. The molecule has 18 heavy (non-hydrogen) atoms. The summed E-state index contributed by atoms with van der Waals surface area (Å²) in [6, 6.07) is 7.91. The monoisotopic (exact) mass is 305 g/mol. The van der Waals surface area contributed by atoms with E-state index in [0.29, 0.717) is 12.4 Å². The zero-order chi connectivity index (χ0) is 12.5. The zero-order valence-corrected chi connectivity index (χ0v) is 11.1. The molecule has 0 saturated heterocycles. The van der Waals surface area contributed by atoms with E-state index in [1.54, 1.807) is 12.4 Å². The predicted molar refractivity (Wildman–Crippen MR) is 72.2 cm³/mol. The molecule has 4 nitrogen and oxygen atoms in total. The van der Waals surface area contributed by atoms with Gasteiger partial charge in [0.25, 0.3) is 0 Å². The maximum atomic E-state index is 10.1. The fraction of sp³-hybridized carbons (Fsp3) is 0.231. The van der Waals surface area contributed by atoms with Gasteiger partial charge < -0.3 is 10.4 Å². The van der Waals surface area contributed by atoms with Crippen LogP contribution < -0.4 is 5.32 Å². The number of anilines is 1. The Bertz CT molecular complexity index is 558. The first-order valence-electron chi connectivity index (χ1n) is 5.74. The number of rotatable bonds is 2. The van der Waals surface area contributed by atoms with Crippen LogP contribution in [0, 0.1) is 0 Å². The number of nitrogens with one attached hydrogen (secondary N) is 1. The fourth-order valence-corrected chi connectivity index (χ4v) is 2.48. The smallest absolute Gasteiger partial charge is 0.223 e. The summed E-state index contributed by atoms with van der Waals surface area (Å²) in [5, 5.41) is 13.3. The summed E-state index contributed by atoms with van der Waals surface area (Å²) < 4.78 is 0.834. The Hall–Kier alpha value is -1.46. The van der Waals surface area contributed by atoms with Crippen LogP contribution in [0.2, 0.25) is 0 Å². The second-order valence-corrected chi connectivity index (χ2v) is 5.23. The Morgan fingerprint density at radius 1 is 1.22 bits per heavy atom. The minimum atomic E-state index is -0.436. The van der Waals surface area contributed by atoms with Gasteiger partial charge in [-0.3, -0.25) is 0 Å². The van der Waals surface area contributed by atoms with Crippen molar-refractivity contribution < 1.29 is 5.11 Å². The van der Waals surface area contributed by atoms with E-state index < -0.39 is 6.10 Å². The van der Waals surface area contributed by atoms with Crippen LogP contribution in [0.4, 0.5) is 5.95 Å². The summed E-state index contributed by atoms with van der Waals surface area (Å²) in [5.41, 5.74) is 2.30. The Kier molecular flexibility index (Phi) is 3.01. The van der Waals surface area contributed by atoms with Gasteiger partial charge in [0, 0.05) is 18.8 Å². The Balaban J connectivity index is 1.87. The highest BCUT2D eigenvalue weighted by Crippen LogP contribution is 2.33. The lowest BCUT2D eigenvalue weighted by atomic mass is 10.1. The number of aromatic nitrogens is 2. The first-order valence-corrected chi connectivity index (χ1v) is 6.53. The number of aliphatic hydroxyl groups excluding tert-OH is 1. The molecule has 0 bridgehead atoms. The van der Waals surface area contributed by atoms with Gasteiger partial charge in [-0.15, -0.1) is 0 Å². The van der Waals surface area contributed by atoms with Gasteiger partial charge in [-0.1, -0.05) is 24.3 Å². The van der Waals surface area contributed by atoms with E-state index in [4.69, 9.17) is 0 Å². The van der Waals surface area contributed by atoms with Crippen molar-refractivity contribution >= 4 is 21.9 Å². The summed E-state index contributed by atoms with van der Waals surface area (Å²) in [6.45, 7) is 0. The van der Waals surface area contributed by atoms with E-state index in [1.807, 2.05) is 24.3 Å². The highest BCUT2D eigenvalue weighted by Gasteiger charge is 2.30. The lowest BCUT2D eigenvalue weighted by molar-refractivity contribution is 0.165. The molecular formula is C13H12BrN3O. The van der Waals surface area contributed by atoms with Crippen molar-refractivity contribution in [2.45, 2.75) is 18.6 Å². The summed E-state index contributed by atoms with van der Waals surface area (Å²) >= 11 is 3.29. The van der Waals surface area contributed by atoms with Gasteiger partial charge in [-0.2, -0.15) is 0 Å². The molecule has 1 aliphatic rings. The predicted octanol–water partition coefficient (Wildman–Crippen LogP) is 2.31. The Morgan fingerprint density at radius 2 is 1.94 bits per heavy atom. The number of hydrogen-bond acceptors (Lipinski definition) is 4. The Labute approximate surface area is 113 Å². The number of halogens is 1. The molecule has 1 aromatic heterocycles. The molecule has 5 heteroatoms. The number of nitrogens with zero attached hydrogens (tertiary/aromatic N) is 2. The average molecular weight is 306 g/mol. The highest BCUT2D eigenvalue weighted by molar-refractivity contribution is 9.10. The average Bonchev–Trinajstić information content (AvgIpc) is 2.69. The summed E-state index contributed by atoms with van der Waals surface area (Å²) in [4.78, 5) is 8.34. The number of hydrogen-bond donors (Lipinski definition) is 2. The molecular weight excluding hydrogens is 294 g/mol. The molecule has 1 aromatic carbocycles. The van der Waals surface area contributed by atoms with Crippen LogP contribution in [-0.2, 0) is 6.42 Å². The van der Waals surface area contributed by atoms with Gasteiger partial charge in [-0.25, -0.2) is 9.97 Å². The Morgan fingerprint density at radius 3 is 2.72 bits per heavy atom. The first-order chi connectivity index (χ1) is 8.74. The summed E-state index contributed by atoms with van der Waals surface area (Å²) in [6.07, 6.45) is 3.60. The zero-order valence-electron chi connectivity index (χ0n) is 9.55. The molecule has 0 fully saturated rings. The molecule has 0 unspecified atom stereocenters. The van der Waals surface area contributed by atoms with Gasteiger partial charge in [0.05, 0.1) is 16.6 Å². The third-order valence-electron chi connectivity index (χ3n) is 3.11. The van der Waals surface area contributed by atoms with Crippen LogP contribution in [0.3, 0.4) is 0 Å². The van der Waals surface area contributed by atoms with Gasteiger partial charge >= 0.3 is 0 Å². The number of fused-ring (bicyclic) bond motifs is 1.